The molecule has 0 aliphatic heterocycles. The number of nitrogens with one attached hydrogen (secondary N) is 2. The summed E-state index contributed by atoms with van der Waals surface area (Å²) in [6.07, 6.45) is 17.1. The maximum atomic E-state index is 12.4. The molecule has 0 heterocycles. The maximum absolute atomic E-state index is 12.4. The quantitative estimate of drug-likeness (QED) is 0.182. The number of hydrogen-bond donors (Lipinski definition) is 2. The minimum Gasteiger partial charge on any atom is -0.359 e. The monoisotopic (exact) mass is 482 g/mol. The van der Waals surface area contributed by atoms with Crippen LogP contribution in [0, 0.1) is 0 Å². The number of hydrogen-bond acceptors (Lipinski definition) is 4. The van der Waals surface area contributed by atoms with Crippen LogP contribution in [0.15, 0.2) is 0 Å². The summed E-state index contributed by atoms with van der Waals surface area (Å²) < 4.78 is 0. The Morgan fingerprint density at radius 2 is 1.09 bits per heavy atom. The van der Waals surface area contributed by atoms with E-state index in [0.29, 0.717) is 12.8 Å². The predicted octanol–water partition coefficient (Wildman–Crippen LogP) is 5.36. The molecule has 0 rings (SSSR count). The van der Waals surface area contributed by atoms with Crippen LogP contribution in [0.25, 0.3) is 0 Å². The normalized spacial score (nSPS) is 12.3. The van der Waals surface area contributed by atoms with Crippen LogP contribution in [0.4, 0.5) is 0 Å². The molecule has 34 heavy (non-hydrogen) atoms. The molecule has 0 aliphatic rings. The third kappa shape index (κ3) is 20.3. The van der Waals surface area contributed by atoms with E-state index in [9.17, 15) is 9.59 Å². The first-order valence-electron chi connectivity index (χ1n) is 14.4. The Balaban J connectivity index is 3.81. The zero-order chi connectivity index (χ0) is 25.4. The second-order valence-corrected chi connectivity index (χ2v) is 9.83. The molecule has 202 valence electrons. The van der Waals surface area contributed by atoms with Crippen molar-refractivity contribution in [3.8, 4) is 0 Å². The highest BCUT2D eigenvalue weighted by molar-refractivity contribution is 5.76. The second kappa shape index (κ2) is 23.6. The Labute approximate surface area is 212 Å². The van der Waals surface area contributed by atoms with Gasteiger partial charge in [0, 0.05) is 52.1 Å². The van der Waals surface area contributed by atoms with Gasteiger partial charge in [0.05, 0.1) is 0 Å². The van der Waals surface area contributed by atoms with Gasteiger partial charge >= 0.3 is 0 Å². The van der Waals surface area contributed by atoms with Crippen molar-refractivity contribution in [3.63, 3.8) is 0 Å². The number of rotatable bonds is 24. The molecule has 0 saturated carbocycles. The van der Waals surface area contributed by atoms with Crippen LogP contribution in [0.3, 0.4) is 0 Å². The molecule has 0 bridgehead atoms. The summed E-state index contributed by atoms with van der Waals surface area (Å²) in [6, 6.07) is 0.265. The summed E-state index contributed by atoms with van der Waals surface area (Å²) in [4.78, 5) is 28.5. The number of carbonyl (C=O) groups is 2. The third-order valence-electron chi connectivity index (χ3n) is 6.86. The Morgan fingerprint density at radius 3 is 1.53 bits per heavy atom. The van der Waals surface area contributed by atoms with Crippen LogP contribution in [0.5, 0.6) is 0 Å². The van der Waals surface area contributed by atoms with Crippen molar-refractivity contribution < 1.29 is 9.59 Å². The van der Waals surface area contributed by atoms with Crippen molar-refractivity contribution in [1.29, 1.82) is 0 Å². The molecule has 1 unspecified atom stereocenters. The van der Waals surface area contributed by atoms with Crippen molar-refractivity contribution in [2.45, 2.75) is 124 Å². The van der Waals surface area contributed by atoms with Gasteiger partial charge < -0.3 is 20.4 Å². The van der Waals surface area contributed by atoms with Gasteiger partial charge in [0.25, 0.3) is 0 Å². The van der Waals surface area contributed by atoms with E-state index < -0.39 is 0 Å². The van der Waals surface area contributed by atoms with E-state index in [1.165, 1.54) is 70.6 Å². The lowest BCUT2D eigenvalue weighted by Crippen LogP contribution is -2.39. The summed E-state index contributed by atoms with van der Waals surface area (Å²) in [7, 11) is 1.68. The number of likely N-dealkylation sites (N-methyl/N-ethyl adjacent to an activating group) is 2. The minimum atomic E-state index is 0.0877. The van der Waals surface area contributed by atoms with Crippen molar-refractivity contribution in [3.05, 3.63) is 0 Å². The lowest BCUT2D eigenvalue weighted by atomic mass is 10.0. The van der Waals surface area contributed by atoms with Gasteiger partial charge in [0.15, 0.2) is 0 Å². The molecule has 0 saturated heterocycles. The average molecular weight is 483 g/mol. The fraction of sp³-hybridized carbons (Fsp3) is 0.929. The summed E-state index contributed by atoms with van der Waals surface area (Å²) >= 11 is 0. The molecular formula is C28H58N4O2. The lowest BCUT2D eigenvalue weighted by molar-refractivity contribution is -0.122. The predicted molar refractivity (Wildman–Crippen MR) is 146 cm³/mol. The molecule has 2 amide bonds. The highest BCUT2D eigenvalue weighted by Gasteiger charge is 2.12. The molecule has 6 heteroatoms. The van der Waals surface area contributed by atoms with Crippen LogP contribution >= 0.6 is 0 Å². The highest BCUT2D eigenvalue weighted by atomic mass is 16.2. The van der Waals surface area contributed by atoms with Crippen LogP contribution in [0.2, 0.25) is 0 Å². The SMILES string of the molecule is CCCCCCCCCCCCCC(C)NC(=O)CCN(CC)CCN(CC)CCC(=O)NC. The van der Waals surface area contributed by atoms with E-state index in [2.05, 4.69) is 48.1 Å². The minimum absolute atomic E-state index is 0.0877. The summed E-state index contributed by atoms with van der Waals surface area (Å²) in [5.41, 5.74) is 0. The van der Waals surface area contributed by atoms with Crippen LogP contribution < -0.4 is 10.6 Å². The molecule has 0 aromatic carbocycles. The second-order valence-electron chi connectivity index (χ2n) is 9.83. The number of unbranched alkanes of at least 4 members (excludes halogenated alkanes) is 10. The molecule has 0 aromatic rings. The van der Waals surface area contributed by atoms with E-state index in [0.717, 1.165) is 45.7 Å². The van der Waals surface area contributed by atoms with E-state index in [1.807, 2.05) is 0 Å². The standard InChI is InChI=1S/C28H58N4O2/c1-6-9-10-11-12-13-14-15-16-17-18-19-26(4)30-28(34)21-23-32(8-3)25-24-31(7-2)22-20-27(33)29-5/h26H,6-25H2,1-5H3,(H,29,33)(H,30,34). The fourth-order valence-electron chi connectivity index (χ4n) is 4.32. The molecule has 1 atom stereocenters. The van der Waals surface area contributed by atoms with Crippen molar-refractivity contribution >= 4 is 11.8 Å². The zero-order valence-electron chi connectivity index (χ0n) is 23.4. The Bertz CT molecular complexity index is 487. The largest absolute Gasteiger partial charge is 0.359 e. The topological polar surface area (TPSA) is 64.7 Å². The molecule has 0 fully saturated rings. The molecule has 0 aromatic heterocycles. The van der Waals surface area contributed by atoms with Gasteiger partial charge in [-0.15, -0.1) is 0 Å². The van der Waals surface area contributed by atoms with Crippen molar-refractivity contribution in [2.24, 2.45) is 0 Å². The summed E-state index contributed by atoms with van der Waals surface area (Å²) in [5, 5.41) is 5.87. The van der Waals surface area contributed by atoms with Gasteiger partial charge in [-0.05, 0) is 26.4 Å². The third-order valence-corrected chi connectivity index (χ3v) is 6.86. The molecule has 6 nitrogen and oxygen atoms in total. The van der Waals surface area contributed by atoms with Gasteiger partial charge in [-0.2, -0.15) is 0 Å². The van der Waals surface area contributed by atoms with Gasteiger partial charge in [-0.25, -0.2) is 0 Å². The van der Waals surface area contributed by atoms with E-state index in [1.54, 1.807) is 7.05 Å². The Morgan fingerprint density at radius 1 is 0.647 bits per heavy atom. The first kappa shape index (κ1) is 32.9. The Kier molecular flexibility index (Phi) is 22.8. The van der Waals surface area contributed by atoms with E-state index in [-0.39, 0.29) is 17.9 Å². The molecular weight excluding hydrogens is 424 g/mol. The first-order chi connectivity index (χ1) is 16.5. The maximum Gasteiger partial charge on any atom is 0.221 e. The zero-order valence-corrected chi connectivity index (χ0v) is 23.4. The van der Waals surface area contributed by atoms with E-state index in [4.69, 9.17) is 0 Å². The molecule has 0 spiro atoms. The van der Waals surface area contributed by atoms with Crippen LogP contribution in [0.1, 0.15) is 118 Å². The Hall–Kier alpha value is -1.14. The van der Waals surface area contributed by atoms with E-state index >= 15 is 0 Å². The molecule has 0 aliphatic carbocycles. The number of nitrogens with zero attached hydrogens (tertiary/aromatic N) is 2. The van der Waals surface area contributed by atoms with Crippen LogP contribution in [-0.2, 0) is 9.59 Å². The molecule has 0 radical (unpaired) electrons. The van der Waals surface area contributed by atoms with Gasteiger partial charge in [-0.3, -0.25) is 9.59 Å². The first-order valence-corrected chi connectivity index (χ1v) is 14.4. The average Bonchev–Trinajstić information content (AvgIpc) is 2.83. The van der Waals surface area contributed by atoms with Gasteiger partial charge in [0.2, 0.25) is 11.8 Å². The van der Waals surface area contributed by atoms with Crippen molar-refractivity contribution in [2.75, 3.05) is 46.3 Å². The van der Waals surface area contributed by atoms with Gasteiger partial charge in [0.1, 0.15) is 0 Å². The number of carbonyl (C=O) groups excluding carboxylic acids is 2. The molecule has 2 N–H and O–H groups in total. The van der Waals surface area contributed by atoms with Gasteiger partial charge in [-0.1, -0.05) is 91.4 Å². The fourth-order valence-corrected chi connectivity index (χ4v) is 4.32. The summed E-state index contributed by atoms with van der Waals surface area (Å²) in [5.74, 6) is 0.255. The van der Waals surface area contributed by atoms with Crippen LogP contribution in [-0.4, -0.2) is 74.0 Å². The van der Waals surface area contributed by atoms with Crippen molar-refractivity contribution in [1.82, 2.24) is 20.4 Å². The smallest absolute Gasteiger partial charge is 0.221 e. The summed E-state index contributed by atoms with van der Waals surface area (Å²) in [6.45, 7) is 14.0. The number of amides is 2. The highest BCUT2D eigenvalue weighted by Crippen LogP contribution is 2.12. The lowest BCUT2D eigenvalue weighted by Gasteiger charge is -2.26.